The van der Waals surface area contributed by atoms with E-state index in [4.69, 9.17) is 16.3 Å². The summed E-state index contributed by atoms with van der Waals surface area (Å²) < 4.78 is 33.1. The maximum absolute atomic E-state index is 12.8. The highest BCUT2D eigenvalue weighted by Gasteiger charge is 2.30. The number of hydrogen-bond acceptors (Lipinski definition) is 7. The van der Waals surface area contributed by atoms with Gasteiger partial charge in [0.15, 0.2) is 12.3 Å². The molecule has 0 N–H and O–H groups in total. The van der Waals surface area contributed by atoms with Gasteiger partial charge in [-0.2, -0.15) is 9.40 Å². The van der Waals surface area contributed by atoms with Crippen LogP contribution in [-0.4, -0.2) is 72.1 Å². The van der Waals surface area contributed by atoms with Gasteiger partial charge in [0.05, 0.1) is 10.3 Å². The zero-order valence-electron chi connectivity index (χ0n) is 18.2. The molecule has 178 valence electrons. The molecule has 0 unspecified atom stereocenters. The summed E-state index contributed by atoms with van der Waals surface area (Å²) >= 11 is 5.83. The summed E-state index contributed by atoms with van der Waals surface area (Å²) in [5, 5.41) is 5.07. The Morgan fingerprint density at radius 3 is 2.26 bits per heavy atom. The summed E-state index contributed by atoms with van der Waals surface area (Å²) in [6.45, 7) is 0.00529. The van der Waals surface area contributed by atoms with E-state index in [1.54, 1.807) is 24.3 Å². The molecular formula is C22H21ClN4O6S. The highest BCUT2D eigenvalue weighted by molar-refractivity contribution is 7.89. The molecule has 0 spiro atoms. The number of aromatic nitrogens is 2. The lowest BCUT2D eigenvalue weighted by molar-refractivity contribution is -0.135. The molecule has 1 aliphatic rings. The molecule has 0 radical (unpaired) electrons. The van der Waals surface area contributed by atoms with E-state index in [0.717, 1.165) is 4.68 Å². The Hall–Kier alpha value is -3.28. The summed E-state index contributed by atoms with van der Waals surface area (Å²) in [7, 11) is -2.28. The predicted octanol–water partition coefficient (Wildman–Crippen LogP) is 1.28. The molecule has 0 saturated carbocycles. The lowest BCUT2D eigenvalue weighted by Crippen LogP contribution is -2.51. The van der Waals surface area contributed by atoms with E-state index in [2.05, 4.69) is 5.10 Å². The Bertz CT molecular complexity index is 1410. The van der Waals surface area contributed by atoms with E-state index in [-0.39, 0.29) is 42.3 Å². The van der Waals surface area contributed by atoms with Crippen LogP contribution in [0.1, 0.15) is 10.5 Å². The van der Waals surface area contributed by atoms with Crippen LogP contribution in [0, 0.1) is 0 Å². The lowest BCUT2D eigenvalue weighted by Gasteiger charge is -2.33. The maximum Gasteiger partial charge on any atom is 0.359 e. The Labute approximate surface area is 200 Å². The van der Waals surface area contributed by atoms with Gasteiger partial charge in [0.2, 0.25) is 10.0 Å². The number of ether oxygens (including phenoxy) is 1. The number of esters is 1. The van der Waals surface area contributed by atoms with Gasteiger partial charge < -0.3 is 9.64 Å². The Balaban J connectivity index is 1.37. The van der Waals surface area contributed by atoms with Crippen LogP contribution < -0.4 is 5.56 Å². The smallest absolute Gasteiger partial charge is 0.359 e. The van der Waals surface area contributed by atoms with E-state index < -0.39 is 28.5 Å². The molecule has 0 bridgehead atoms. The summed E-state index contributed by atoms with van der Waals surface area (Å²) in [4.78, 5) is 39.0. The number of fused-ring (bicyclic) bond motifs is 1. The van der Waals surface area contributed by atoms with E-state index in [1.807, 2.05) is 0 Å². The minimum atomic E-state index is -3.70. The number of aryl methyl sites for hydroxylation is 1. The molecule has 10 nitrogen and oxygen atoms in total. The minimum Gasteiger partial charge on any atom is -0.451 e. The van der Waals surface area contributed by atoms with Crippen molar-refractivity contribution >= 4 is 44.3 Å². The number of sulfonamides is 1. The third-order valence-electron chi connectivity index (χ3n) is 5.52. The number of nitrogens with zero attached hydrogens (tertiary/aromatic N) is 4. The normalized spacial score (nSPS) is 14.8. The Kier molecular flexibility index (Phi) is 6.69. The molecule has 3 aromatic rings. The van der Waals surface area contributed by atoms with Crippen molar-refractivity contribution in [3.63, 3.8) is 0 Å². The molecule has 12 heteroatoms. The van der Waals surface area contributed by atoms with Gasteiger partial charge >= 0.3 is 5.97 Å². The van der Waals surface area contributed by atoms with Crippen molar-refractivity contribution in [2.24, 2.45) is 7.05 Å². The standard InChI is InChI=1S/C22H21ClN4O6S/c1-25-21(29)18-5-3-2-4-17(18)20(24-25)22(30)33-14-19(28)26-10-12-27(13-11-26)34(31,32)16-8-6-15(23)7-9-16/h2-9H,10-14H2,1H3. The van der Waals surface area contributed by atoms with Crippen LogP contribution in [0.3, 0.4) is 0 Å². The van der Waals surface area contributed by atoms with Gasteiger partial charge in [-0.05, 0) is 30.3 Å². The molecule has 2 aromatic carbocycles. The molecule has 2 heterocycles. The fourth-order valence-corrected chi connectivity index (χ4v) is 5.22. The summed E-state index contributed by atoms with van der Waals surface area (Å²) in [6, 6.07) is 12.4. The van der Waals surface area contributed by atoms with Crippen LogP contribution in [0.25, 0.3) is 10.8 Å². The van der Waals surface area contributed by atoms with Crippen LogP contribution in [0.4, 0.5) is 0 Å². The second kappa shape index (κ2) is 9.53. The maximum atomic E-state index is 12.8. The Morgan fingerprint density at radius 2 is 1.62 bits per heavy atom. The van der Waals surface area contributed by atoms with Gasteiger partial charge in [0, 0.05) is 43.6 Å². The molecule has 1 amide bonds. The number of rotatable bonds is 5. The predicted molar refractivity (Wildman–Crippen MR) is 124 cm³/mol. The van der Waals surface area contributed by atoms with Crippen molar-refractivity contribution < 1.29 is 22.7 Å². The molecular weight excluding hydrogens is 484 g/mol. The monoisotopic (exact) mass is 504 g/mol. The average molecular weight is 505 g/mol. The highest BCUT2D eigenvalue weighted by Crippen LogP contribution is 2.20. The van der Waals surface area contributed by atoms with Crippen LogP contribution in [0.15, 0.2) is 58.2 Å². The second-order valence-electron chi connectivity index (χ2n) is 7.64. The van der Waals surface area contributed by atoms with Gasteiger partial charge in [0.25, 0.3) is 11.5 Å². The van der Waals surface area contributed by atoms with Crippen molar-refractivity contribution in [3.8, 4) is 0 Å². The SMILES string of the molecule is Cn1nc(C(=O)OCC(=O)N2CCN(S(=O)(=O)c3ccc(Cl)cc3)CC2)c2ccccc2c1=O. The first kappa shape index (κ1) is 23.9. The van der Waals surface area contributed by atoms with Gasteiger partial charge in [-0.3, -0.25) is 9.59 Å². The molecule has 34 heavy (non-hydrogen) atoms. The van der Waals surface area contributed by atoms with Crippen molar-refractivity contribution in [2.75, 3.05) is 32.8 Å². The molecule has 0 atom stereocenters. The quantitative estimate of drug-likeness (QED) is 0.480. The van der Waals surface area contributed by atoms with Crippen LogP contribution in [-0.2, 0) is 26.6 Å². The van der Waals surface area contributed by atoms with Gasteiger partial charge in [-0.1, -0.05) is 29.8 Å². The topological polar surface area (TPSA) is 119 Å². The number of amides is 1. The summed E-state index contributed by atoms with van der Waals surface area (Å²) in [5.74, 6) is -1.28. The van der Waals surface area contributed by atoms with E-state index in [9.17, 15) is 22.8 Å². The van der Waals surface area contributed by atoms with Crippen molar-refractivity contribution in [1.29, 1.82) is 0 Å². The van der Waals surface area contributed by atoms with E-state index in [1.165, 1.54) is 40.5 Å². The van der Waals surface area contributed by atoms with Crippen LogP contribution in [0.2, 0.25) is 5.02 Å². The fraction of sp³-hybridized carbons (Fsp3) is 0.273. The first-order valence-electron chi connectivity index (χ1n) is 10.3. The largest absolute Gasteiger partial charge is 0.451 e. The molecule has 4 rings (SSSR count). The number of halogens is 1. The van der Waals surface area contributed by atoms with E-state index >= 15 is 0 Å². The zero-order valence-corrected chi connectivity index (χ0v) is 19.8. The first-order chi connectivity index (χ1) is 16.2. The number of piperazine rings is 1. The number of benzene rings is 2. The highest BCUT2D eigenvalue weighted by atomic mass is 35.5. The van der Waals surface area contributed by atoms with Gasteiger partial charge in [-0.15, -0.1) is 0 Å². The van der Waals surface area contributed by atoms with Crippen molar-refractivity contribution in [3.05, 3.63) is 69.6 Å². The third-order valence-corrected chi connectivity index (χ3v) is 7.68. The van der Waals surface area contributed by atoms with E-state index in [0.29, 0.717) is 15.8 Å². The molecule has 1 saturated heterocycles. The van der Waals surface area contributed by atoms with Gasteiger partial charge in [0.1, 0.15) is 0 Å². The fourth-order valence-electron chi connectivity index (χ4n) is 3.67. The molecule has 1 aromatic heterocycles. The molecule has 1 aliphatic heterocycles. The third kappa shape index (κ3) is 4.67. The first-order valence-corrected chi connectivity index (χ1v) is 12.2. The lowest BCUT2D eigenvalue weighted by atomic mass is 10.1. The van der Waals surface area contributed by atoms with Crippen molar-refractivity contribution in [2.45, 2.75) is 4.90 Å². The molecule has 1 fully saturated rings. The number of carbonyl (C=O) groups is 2. The van der Waals surface area contributed by atoms with Gasteiger partial charge in [-0.25, -0.2) is 17.9 Å². The number of carbonyl (C=O) groups excluding carboxylic acids is 2. The van der Waals surface area contributed by atoms with Crippen molar-refractivity contribution in [1.82, 2.24) is 19.0 Å². The van der Waals surface area contributed by atoms with Crippen LogP contribution >= 0.6 is 11.6 Å². The average Bonchev–Trinajstić information content (AvgIpc) is 2.85. The minimum absolute atomic E-state index is 0.0654. The second-order valence-corrected chi connectivity index (χ2v) is 10.0. The zero-order chi connectivity index (χ0) is 24.5. The Morgan fingerprint density at radius 1 is 1.00 bits per heavy atom. The van der Waals surface area contributed by atoms with Crippen LogP contribution in [0.5, 0.6) is 0 Å². The molecule has 0 aliphatic carbocycles. The summed E-state index contributed by atoms with van der Waals surface area (Å²) in [5.41, 5.74) is -0.418. The summed E-state index contributed by atoms with van der Waals surface area (Å²) in [6.07, 6.45) is 0. The number of hydrogen-bond donors (Lipinski definition) is 0.